The van der Waals surface area contributed by atoms with Gasteiger partial charge in [0.05, 0.1) is 0 Å². The van der Waals surface area contributed by atoms with Crippen LogP contribution in [0.25, 0.3) is 72.3 Å². The second-order valence-corrected chi connectivity index (χ2v) is 14.1. The minimum absolute atomic E-state index is 0.320. The Labute approximate surface area is 233 Å². The average Bonchev–Trinajstić information content (AvgIpc) is 3.56. The zero-order valence-electron chi connectivity index (χ0n) is 20.5. The van der Waals surface area contributed by atoms with E-state index in [1.165, 1.54) is 72.3 Å². The van der Waals surface area contributed by atoms with Crippen LogP contribution in [0.5, 0.6) is 0 Å². The monoisotopic (exact) mass is 614 g/mol. The van der Waals surface area contributed by atoms with Crippen molar-refractivity contribution >= 4 is 59.1 Å². The first kappa shape index (κ1) is 22.4. The zero-order chi connectivity index (χ0) is 25.1. The molecule has 0 nitrogen and oxygen atoms in total. The van der Waals surface area contributed by atoms with E-state index in [4.69, 9.17) is 0 Å². The third kappa shape index (κ3) is 3.57. The van der Waals surface area contributed by atoms with Crippen molar-refractivity contribution in [3.8, 4) is 42.3 Å². The summed E-state index contributed by atoms with van der Waals surface area (Å²) in [5.74, 6) is 0. The Morgan fingerprint density at radius 3 is 1.03 bits per heavy atom. The third-order valence-electron chi connectivity index (χ3n) is 7.51. The molecule has 0 bridgehead atoms. The molecule has 8 aromatic rings. The minimum atomic E-state index is 0.320. The van der Waals surface area contributed by atoms with Crippen LogP contribution in [0.4, 0.5) is 0 Å². The second kappa shape index (κ2) is 8.98. The van der Waals surface area contributed by atoms with Gasteiger partial charge in [0, 0.05) is 0 Å². The third-order valence-corrected chi connectivity index (χ3v) is 12.6. The van der Waals surface area contributed by atoms with Crippen LogP contribution in [0.15, 0.2) is 133 Å². The van der Waals surface area contributed by atoms with Crippen molar-refractivity contribution in [2.24, 2.45) is 0 Å². The first-order chi connectivity index (χ1) is 18.8. The Bertz CT molecular complexity index is 1870. The second-order valence-electron chi connectivity index (χ2n) is 9.72. The quantitative estimate of drug-likeness (QED) is 0.174. The summed E-state index contributed by atoms with van der Waals surface area (Å²) in [5, 5.41) is 5.92. The molecule has 0 atom stereocenters. The molecule has 0 N–H and O–H groups in total. The molecule has 0 saturated heterocycles. The molecule has 0 unspecified atom stereocenters. The van der Waals surface area contributed by atoms with Crippen LogP contribution in [-0.2, 0) is 0 Å². The molecule has 2 aromatic heterocycles. The summed E-state index contributed by atoms with van der Waals surface area (Å²) in [4.78, 5) is 0. The molecular formula is C36H22Se2. The molecule has 0 radical (unpaired) electrons. The van der Waals surface area contributed by atoms with E-state index in [-0.39, 0.29) is 0 Å². The standard InChI is InChI=1S/C36H22Se2/c1-3-7-23(8-4-1)25-11-15-27(16-12-25)35-29-19-21-32-34-30(20-22-31(37-35)33(29)34)36(38-32)28-17-13-26(14-18-28)24-9-5-2-6-10-24/h1-22H. The van der Waals surface area contributed by atoms with Gasteiger partial charge in [-0.3, -0.25) is 0 Å². The summed E-state index contributed by atoms with van der Waals surface area (Å²) >= 11 is 0.641. The number of hydrogen-bond donors (Lipinski definition) is 0. The Balaban J connectivity index is 1.23. The Morgan fingerprint density at radius 1 is 0.289 bits per heavy atom. The van der Waals surface area contributed by atoms with Crippen molar-refractivity contribution in [2.45, 2.75) is 0 Å². The van der Waals surface area contributed by atoms with Gasteiger partial charge in [-0.05, 0) is 0 Å². The predicted octanol–water partition coefficient (Wildman–Crippen LogP) is 9.37. The molecule has 6 aromatic carbocycles. The van der Waals surface area contributed by atoms with Gasteiger partial charge in [0.1, 0.15) is 0 Å². The number of benzene rings is 6. The molecule has 0 aliphatic carbocycles. The van der Waals surface area contributed by atoms with Crippen molar-refractivity contribution in [3.05, 3.63) is 133 Å². The molecule has 0 spiro atoms. The van der Waals surface area contributed by atoms with Crippen molar-refractivity contribution in [3.63, 3.8) is 0 Å². The van der Waals surface area contributed by atoms with E-state index in [1.807, 2.05) is 0 Å². The summed E-state index contributed by atoms with van der Waals surface area (Å²) in [6.07, 6.45) is 0. The summed E-state index contributed by atoms with van der Waals surface area (Å²) in [6, 6.07) is 49.3. The molecule has 0 saturated carbocycles. The predicted molar refractivity (Wildman–Crippen MR) is 166 cm³/mol. The van der Waals surface area contributed by atoms with Gasteiger partial charge in [-0.1, -0.05) is 0 Å². The van der Waals surface area contributed by atoms with Gasteiger partial charge in [-0.25, -0.2) is 0 Å². The fraction of sp³-hybridized carbons (Fsp3) is 0. The summed E-state index contributed by atoms with van der Waals surface area (Å²) in [5.41, 5.74) is 7.82. The molecule has 0 fully saturated rings. The molecule has 0 aliphatic rings. The molecule has 0 aliphatic heterocycles. The molecule has 0 amide bonds. The summed E-state index contributed by atoms with van der Waals surface area (Å²) < 4.78 is 6.10. The average molecular weight is 612 g/mol. The SMILES string of the molecule is c1ccc(-c2ccc(-c3[se]c4ccc5c(-c6ccc(-c7ccccc7)cc6)[se]c6ccc3c4c65)cc2)cc1. The fourth-order valence-electron chi connectivity index (χ4n) is 5.63. The van der Waals surface area contributed by atoms with Gasteiger partial charge < -0.3 is 0 Å². The molecule has 8 rings (SSSR count). The van der Waals surface area contributed by atoms with E-state index in [0.717, 1.165) is 0 Å². The molecule has 2 heterocycles. The normalized spacial score (nSPS) is 11.7. The van der Waals surface area contributed by atoms with Gasteiger partial charge in [0.2, 0.25) is 0 Å². The van der Waals surface area contributed by atoms with Gasteiger partial charge in [0.25, 0.3) is 0 Å². The van der Waals surface area contributed by atoms with Crippen LogP contribution in [0, 0.1) is 0 Å². The van der Waals surface area contributed by atoms with Crippen LogP contribution in [-0.4, -0.2) is 29.0 Å². The fourth-order valence-corrected chi connectivity index (χ4v) is 10.7. The van der Waals surface area contributed by atoms with E-state index in [1.54, 1.807) is 0 Å². The number of hydrogen-bond acceptors (Lipinski definition) is 0. The molecular weight excluding hydrogens is 590 g/mol. The Hall–Kier alpha value is -3.64. The van der Waals surface area contributed by atoms with Crippen molar-refractivity contribution in [2.75, 3.05) is 0 Å². The van der Waals surface area contributed by atoms with E-state index in [9.17, 15) is 0 Å². The molecule has 38 heavy (non-hydrogen) atoms. The molecule has 2 heteroatoms. The van der Waals surface area contributed by atoms with Gasteiger partial charge >= 0.3 is 235 Å². The zero-order valence-corrected chi connectivity index (χ0v) is 23.9. The van der Waals surface area contributed by atoms with Gasteiger partial charge in [-0.2, -0.15) is 0 Å². The Kier molecular flexibility index (Phi) is 5.28. The van der Waals surface area contributed by atoms with Crippen molar-refractivity contribution in [1.82, 2.24) is 0 Å². The Morgan fingerprint density at radius 2 is 0.632 bits per heavy atom. The summed E-state index contributed by atoms with van der Waals surface area (Å²) in [7, 11) is 0. The van der Waals surface area contributed by atoms with E-state index < -0.39 is 0 Å². The van der Waals surface area contributed by atoms with Crippen molar-refractivity contribution in [1.29, 1.82) is 0 Å². The first-order valence-corrected chi connectivity index (χ1v) is 16.3. The van der Waals surface area contributed by atoms with Crippen LogP contribution >= 0.6 is 0 Å². The van der Waals surface area contributed by atoms with Crippen LogP contribution in [0.2, 0.25) is 0 Å². The topological polar surface area (TPSA) is 0 Å². The van der Waals surface area contributed by atoms with Crippen LogP contribution in [0.1, 0.15) is 0 Å². The van der Waals surface area contributed by atoms with Crippen LogP contribution in [0.3, 0.4) is 0 Å². The van der Waals surface area contributed by atoms with E-state index >= 15 is 0 Å². The molecule has 178 valence electrons. The van der Waals surface area contributed by atoms with E-state index in [2.05, 4.69) is 133 Å². The van der Waals surface area contributed by atoms with Crippen LogP contribution < -0.4 is 0 Å². The number of rotatable bonds is 4. The van der Waals surface area contributed by atoms with Gasteiger partial charge in [-0.15, -0.1) is 0 Å². The summed E-state index contributed by atoms with van der Waals surface area (Å²) in [6.45, 7) is 0. The maximum atomic E-state index is 2.41. The van der Waals surface area contributed by atoms with E-state index in [0.29, 0.717) is 29.0 Å². The first-order valence-electron chi connectivity index (χ1n) is 12.9. The maximum absolute atomic E-state index is 2.41. The van der Waals surface area contributed by atoms with Crippen molar-refractivity contribution < 1.29 is 0 Å². The van der Waals surface area contributed by atoms with Gasteiger partial charge in [0.15, 0.2) is 0 Å².